The molecule has 110 valence electrons. The summed E-state index contributed by atoms with van der Waals surface area (Å²) in [6, 6.07) is -1.50. The molecule has 1 saturated carbocycles. The zero-order valence-corrected chi connectivity index (χ0v) is 11.3. The third-order valence-electron chi connectivity index (χ3n) is 3.61. The Morgan fingerprint density at radius 1 is 1.32 bits per heavy atom. The number of nitrogens with one attached hydrogen (secondary N) is 1. The van der Waals surface area contributed by atoms with E-state index in [1.54, 1.807) is 0 Å². The van der Waals surface area contributed by atoms with E-state index in [2.05, 4.69) is 5.32 Å². The highest BCUT2D eigenvalue weighted by molar-refractivity contribution is 5.88. The molecule has 1 atom stereocenters. The second-order valence-corrected chi connectivity index (χ2v) is 5.72. The smallest absolute Gasteiger partial charge is 0.326 e. The SMILES string of the molecule is CC(C)CC1(C(=O)NC(CC(F)F)C(=O)O)CCC1. The molecule has 0 aromatic rings. The Bertz CT molecular complexity index is 341. The van der Waals surface area contributed by atoms with Crippen LogP contribution in [0.1, 0.15) is 46.0 Å². The molecule has 1 fully saturated rings. The van der Waals surface area contributed by atoms with Crippen LogP contribution in [0.3, 0.4) is 0 Å². The number of carbonyl (C=O) groups is 2. The van der Waals surface area contributed by atoms with Gasteiger partial charge in [-0.25, -0.2) is 13.6 Å². The van der Waals surface area contributed by atoms with E-state index in [1.165, 1.54) is 0 Å². The lowest BCUT2D eigenvalue weighted by Crippen LogP contribution is -2.52. The second kappa shape index (κ2) is 6.30. The van der Waals surface area contributed by atoms with Crippen LogP contribution in [0.5, 0.6) is 0 Å². The molecule has 19 heavy (non-hydrogen) atoms. The third-order valence-corrected chi connectivity index (χ3v) is 3.61. The maximum absolute atomic E-state index is 12.3. The van der Waals surface area contributed by atoms with E-state index in [9.17, 15) is 18.4 Å². The number of alkyl halides is 2. The number of halogens is 2. The molecule has 0 aromatic carbocycles. The first-order valence-corrected chi connectivity index (χ1v) is 6.59. The fourth-order valence-corrected chi connectivity index (χ4v) is 2.62. The summed E-state index contributed by atoms with van der Waals surface area (Å²) in [5.41, 5.74) is -0.552. The van der Waals surface area contributed by atoms with Gasteiger partial charge in [-0.2, -0.15) is 0 Å². The van der Waals surface area contributed by atoms with E-state index >= 15 is 0 Å². The van der Waals surface area contributed by atoms with Crippen LogP contribution in [-0.2, 0) is 9.59 Å². The molecule has 6 heteroatoms. The summed E-state index contributed by atoms with van der Waals surface area (Å²) in [7, 11) is 0. The minimum atomic E-state index is -2.75. The summed E-state index contributed by atoms with van der Waals surface area (Å²) in [6.07, 6.45) is -0.592. The predicted molar refractivity (Wildman–Crippen MR) is 65.9 cm³/mol. The average molecular weight is 277 g/mol. The summed E-state index contributed by atoms with van der Waals surface area (Å²) in [5, 5.41) is 11.1. The average Bonchev–Trinajstić information content (AvgIpc) is 2.21. The van der Waals surface area contributed by atoms with Crippen LogP contribution < -0.4 is 5.32 Å². The Labute approximate surface area is 111 Å². The Hall–Kier alpha value is -1.20. The van der Waals surface area contributed by atoms with Gasteiger partial charge < -0.3 is 10.4 Å². The molecule has 0 heterocycles. The van der Waals surface area contributed by atoms with Gasteiger partial charge in [-0.3, -0.25) is 4.79 Å². The van der Waals surface area contributed by atoms with Crippen LogP contribution in [0.15, 0.2) is 0 Å². The van der Waals surface area contributed by atoms with Gasteiger partial charge in [0.2, 0.25) is 12.3 Å². The van der Waals surface area contributed by atoms with Crippen LogP contribution in [0.2, 0.25) is 0 Å². The second-order valence-electron chi connectivity index (χ2n) is 5.72. The van der Waals surface area contributed by atoms with Crippen LogP contribution >= 0.6 is 0 Å². The first-order chi connectivity index (χ1) is 8.77. The summed E-state index contributed by atoms with van der Waals surface area (Å²) in [5.74, 6) is -1.49. The largest absolute Gasteiger partial charge is 0.480 e. The van der Waals surface area contributed by atoms with Crippen molar-refractivity contribution in [2.75, 3.05) is 0 Å². The Morgan fingerprint density at radius 3 is 2.21 bits per heavy atom. The number of hydrogen-bond acceptors (Lipinski definition) is 2. The van der Waals surface area contributed by atoms with Crippen molar-refractivity contribution in [2.24, 2.45) is 11.3 Å². The summed E-state index contributed by atoms with van der Waals surface area (Å²) in [4.78, 5) is 23.0. The van der Waals surface area contributed by atoms with E-state index in [1.807, 2.05) is 13.8 Å². The van der Waals surface area contributed by atoms with Gasteiger partial charge in [-0.15, -0.1) is 0 Å². The molecule has 0 aliphatic heterocycles. The molecule has 1 aliphatic rings. The quantitative estimate of drug-likeness (QED) is 0.751. The molecule has 4 nitrogen and oxygen atoms in total. The third kappa shape index (κ3) is 4.14. The van der Waals surface area contributed by atoms with Gasteiger partial charge >= 0.3 is 5.97 Å². The highest BCUT2D eigenvalue weighted by Crippen LogP contribution is 2.46. The molecule has 1 aliphatic carbocycles. The van der Waals surface area contributed by atoms with Crippen molar-refractivity contribution < 1.29 is 23.5 Å². The lowest BCUT2D eigenvalue weighted by atomic mass is 9.64. The number of carboxylic acid groups (broad SMARTS) is 1. The highest BCUT2D eigenvalue weighted by Gasteiger charge is 2.45. The van der Waals surface area contributed by atoms with E-state index < -0.39 is 30.3 Å². The maximum atomic E-state index is 12.3. The molecule has 1 unspecified atom stereocenters. The van der Waals surface area contributed by atoms with Crippen LogP contribution in [0.25, 0.3) is 0 Å². The van der Waals surface area contributed by atoms with Crippen LogP contribution in [-0.4, -0.2) is 29.5 Å². The number of hydrogen-bond donors (Lipinski definition) is 2. The molecule has 0 aromatic heterocycles. The molecular weight excluding hydrogens is 256 g/mol. The molecule has 1 rings (SSSR count). The summed E-state index contributed by atoms with van der Waals surface area (Å²) >= 11 is 0. The van der Waals surface area contributed by atoms with Crippen LogP contribution in [0, 0.1) is 11.3 Å². The molecule has 0 bridgehead atoms. The number of rotatable bonds is 7. The molecular formula is C13H21F2NO3. The summed E-state index contributed by atoms with van der Waals surface area (Å²) in [6.45, 7) is 3.97. The van der Waals surface area contributed by atoms with Crippen molar-refractivity contribution in [1.29, 1.82) is 0 Å². The zero-order chi connectivity index (χ0) is 14.6. The molecule has 0 spiro atoms. The first-order valence-electron chi connectivity index (χ1n) is 6.59. The van der Waals surface area contributed by atoms with Crippen molar-refractivity contribution in [3.8, 4) is 0 Å². The Kier molecular flexibility index (Phi) is 5.26. The molecule has 1 amide bonds. The fraction of sp³-hybridized carbons (Fsp3) is 0.846. The highest BCUT2D eigenvalue weighted by atomic mass is 19.3. The molecule has 0 radical (unpaired) electrons. The fourth-order valence-electron chi connectivity index (χ4n) is 2.62. The molecule has 0 saturated heterocycles. The van der Waals surface area contributed by atoms with Gasteiger partial charge in [0.25, 0.3) is 0 Å². The van der Waals surface area contributed by atoms with Gasteiger partial charge in [-0.1, -0.05) is 20.3 Å². The monoisotopic (exact) mass is 277 g/mol. The van der Waals surface area contributed by atoms with Crippen molar-refractivity contribution in [3.63, 3.8) is 0 Å². The minimum absolute atomic E-state index is 0.310. The number of aliphatic carboxylic acids is 1. The van der Waals surface area contributed by atoms with Crippen molar-refractivity contribution in [3.05, 3.63) is 0 Å². The van der Waals surface area contributed by atoms with E-state index in [0.717, 1.165) is 6.42 Å². The topological polar surface area (TPSA) is 66.4 Å². The van der Waals surface area contributed by atoms with Gasteiger partial charge in [-0.05, 0) is 25.2 Å². The maximum Gasteiger partial charge on any atom is 0.326 e. The first kappa shape index (κ1) is 15.9. The van der Waals surface area contributed by atoms with E-state index in [0.29, 0.717) is 25.2 Å². The van der Waals surface area contributed by atoms with E-state index in [-0.39, 0.29) is 5.91 Å². The van der Waals surface area contributed by atoms with Crippen molar-refractivity contribution >= 4 is 11.9 Å². The lowest BCUT2D eigenvalue weighted by Gasteiger charge is -2.42. The minimum Gasteiger partial charge on any atom is -0.480 e. The van der Waals surface area contributed by atoms with Gasteiger partial charge in [0, 0.05) is 11.8 Å². The van der Waals surface area contributed by atoms with Gasteiger partial charge in [0.05, 0.1) is 0 Å². The Balaban J connectivity index is 2.67. The number of carboxylic acids is 1. The normalized spacial score (nSPS) is 19.1. The lowest BCUT2D eigenvalue weighted by molar-refractivity contribution is -0.147. The van der Waals surface area contributed by atoms with Gasteiger partial charge in [0.15, 0.2) is 0 Å². The van der Waals surface area contributed by atoms with Crippen molar-refractivity contribution in [1.82, 2.24) is 5.32 Å². The molecule has 2 N–H and O–H groups in total. The van der Waals surface area contributed by atoms with E-state index in [4.69, 9.17) is 5.11 Å². The zero-order valence-electron chi connectivity index (χ0n) is 11.3. The number of amides is 1. The van der Waals surface area contributed by atoms with Crippen LogP contribution in [0.4, 0.5) is 8.78 Å². The summed E-state index contributed by atoms with van der Waals surface area (Å²) < 4.78 is 24.6. The standard InChI is InChI=1S/C13H21F2NO3/c1-8(2)7-13(4-3-5-13)12(19)16-9(11(17)18)6-10(14)15/h8-10H,3-7H2,1-2H3,(H,16,19)(H,17,18). The Morgan fingerprint density at radius 2 is 1.89 bits per heavy atom. The van der Waals surface area contributed by atoms with Crippen molar-refractivity contribution in [2.45, 2.75) is 58.4 Å². The predicted octanol–water partition coefficient (Wildman–Crippen LogP) is 2.43. The number of carbonyl (C=O) groups excluding carboxylic acids is 1. The van der Waals surface area contributed by atoms with Gasteiger partial charge in [0.1, 0.15) is 6.04 Å².